The first-order chi connectivity index (χ1) is 9.68. The van der Waals surface area contributed by atoms with Crippen LogP contribution in [-0.2, 0) is 4.79 Å². The van der Waals surface area contributed by atoms with E-state index in [4.69, 9.17) is 11.6 Å². The van der Waals surface area contributed by atoms with E-state index < -0.39 is 0 Å². The fourth-order valence-electron chi connectivity index (χ4n) is 2.22. The van der Waals surface area contributed by atoms with E-state index in [0.29, 0.717) is 23.6 Å². The van der Waals surface area contributed by atoms with Crippen LogP contribution in [0.3, 0.4) is 0 Å². The van der Waals surface area contributed by atoms with Gasteiger partial charge in [-0.25, -0.2) is 0 Å². The molecule has 0 aliphatic carbocycles. The van der Waals surface area contributed by atoms with Gasteiger partial charge in [0.25, 0.3) is 5.91 Å². The number of piperidine rings is 1. The number of aromatic nitrogens is 1. The zero-order valence-electron chi connectivity index (χ0n) is 11.3. The molecule has 1 N–H and O–H groups in total. The maximum atomic E-state index is 11.9. The van der Waals surface area contributed by atoms with Crippen molar-refractivity contribution in [2.75, 3.05) is 19.6 Å². The summed E-state index contributed by atoms with van der Waals surface area (Å²) in [5.41, 5.74) is 0.333. The number of amides is 2. The maximum absolute atomic E-state index is 11.9. The van der Waals surface area contributed by atoms with E-state index in [1.54, 1.807) is 6.07 Å². The monoisotopic (exact) mass is 295 g/mol. The molecule has 1 aliphatic heterocycles. The van der Waals surface area contributed by atoms with Gasteiger partial charge in [0.2, 0.25) is 5.91 Å². The summed E-state index contributed by atoms with van der Waals surface area (Å²) in [6.07, 6.45) is 6.61. The van der Waals surface area contributed by atoms with Crippen molar-refractivity contribution < 1.29 is 9.59 Å². The number of hydrogen-bond donors (Lipinski definition) is 1. The molecule has 1 saturated heterocycles. The second kappa shape index (κ2) is 7.24. The van der Waals surface area contributed by atoms with Crippen molar-refractivity contribution in [3.05, 3.63) is 29.0 Å². The van der Waals surface area contributed by atoms with E-state index in [1.165, 1.54) is 18.8 Å². The summed E-state index contributed by atoms with van der Waals surface area (Å²) in [7, 11) is 0. The molecule has 0 spiro atoms. The number of nitrogens with zero attached hydrogens (tertiary/aromatic N) is 2. The molecule has 0 atom stereocenters. The molecule has 108 valence electrons. The molecule has 0 aromatic carbocycles. The van der Waals surface area contributed by atoms with Gasteiger partial charge in [0.1, 0.15) is 0 Å². The van der Waals surface area contributed by atoms with Crippen LogP contribution in [0.2, 0.25) is 5.02 Å². The Hall–Kier alpha value is -1.62. The predicted octanol–water partition coefficient (Wildman–Crippen LogP) is 1.87. The standard InChI is InChI=1S/C14H18ClN3O2/c15-12-4-6-16-10-11(12)14(20)17-7-5-13(19)18-8-2-1-3-9-18/h4,6,10H,1-3,5,7-9H2,(H,17,20). The molecule has 0 unspecified atom stereocenters. The first-order valence-electron chi connectivity index (χ1n) is 6.84. The predicted molar refractivity (Wildman–Crippen MR) is 76.6 cm³/mol. The molecule has 0 radical (unpaired) electrons. The van der Waals surface area contributed by atoms with Crippen molar-refractivity contribution in [1.29, 1.82) is 0 Å². The van der Waals surface area contributed by atoms with Gasteiger partial charge in [-0.3, -0.25) is 14.6 Å². The van der Waals surface area contributed by atoms with Gasteiger partial charge in [-0.1, -0.05) is 11.6 Å². The Kier molecular flexibility index (Phi) is 5.35. The van der Waals surface area contributed by atoms with Gasteiger partial charge in [0, 0.05) is 38.4 Å². The Morgan fingerprint density at radius 1 is 1.30 bits per heavy atom. The van der Waals surface area contributed by atoms with Crippen LogP contribution in [0.5, 0.6) is 0 Å². The minimum absolute atomic E-state index is 0.0993. The molecule has 6 heteroatoms. The van der Waals surface area contributed by atoms with Crippen LogP contribution >= 0.6 is 11.6 Å². The summed E-state index contributed by atoms with van der Waals surface area (Å²) in [5, 5.41) is 3.06. The summed E-state index contributed by atoms with van der Waals surface area (Å²) in [6.45, 7) is 1.99. The van der Waals surface area contributed by atoms with Crippen molar-refractivity contribution >= 4 is 23.4 Å². The molecule has 1 aliphatic rings. The lowest BCUT2D eigenvalue weighted by Crippen LogP contribution is -2.37. The number of nitrogens with one attached hydrogen (secondary N) is 1. The molecule has 1 aromatic heterocycles. The molecular formula is C14H18ClN3O2. The first kappa shape index (κ1) is 14.8. The molecule has 1 aromatic rings. The van der Waals surface area contributed by atoms with Crippen LogP contribution in [0.15, 0.2) is 18.5 Å². The summed E-state index contributed by atoms with van der Waals surface area (Å²) in [5.74, 6) is -0.197. The Labute approximate surface area is 123 Å². The molecule has 0 bridgehead atoms. The zero-order valence-corrected chi connectivity index (χ0v) is 12.0. The van der Waals surface area contributed by atoms with Crippen LogP contribution in [0.25, 0.3) is 0 Å². The second-order valence-corrected chi connectivity index (χ2v) is 5.21. The normalized spacial score (nSPS) is 14.9. The number of pyridine rings is 1. The Balaban J connectivity index is 1.76. The van der Waals surface area contributed by atoms with Crippen molar-refractivity contribution in [2.24, 2.45) is 0 Å². The molecule has 1 fully saturated rings. The highest BCUT2D eigenvalue weighted by molar-refractivity contribution is 6.33. The summed E-state index contributed by atoms with van der Waals surface area (Å²) >= 11 is 5.91. The van der Waals surface area contributed by atoms with Crippen molar-refractivity contribution in [2.45, 2.75) is 25.7 Å². The molecule has 2 heterocycles. The van der Waals surface area contributed by atoms with Gasteiger partial charge < -0.3 is 10.2 Å². The number of carbonyl (C=O) groups excluding carboxylic acids is 2. The van der Waals surface area contributed by atoms with Crippen molar-refractivity contribution in [3.63, 3.8) is 0 Å². The van der Waals surface area contributed by atoms with Gasteiger partial charge in [-0.15, -0.1) is 0 Å². The minimum Gasteiger partial charge on any atom is -0.351 e. The average Bonchev–Trinajstić information content (AvgIpc) is 2.48. The van der Waals surface area contributed by atoms with Crippen molar-refractivity contribution in [1.82, 2.24) is 15.2 Å². The number of hydrogen-bond acceptors (Lipinski definition) is 3. The van der Waals surface area contributed by atoms with Crippen LogP contribution < -0.4 is 5.32 Å². The highest BCUT2D eigenvalue weighted by atomic mass is 35.5. The largest absolute Gasteiger partial charge is 0.351 e. The lowest BCUT2D eigenvalue weighted by molar-refractivity contribution is -0.131. The Morgan fingerprint density at radius 3 is 2.75 bits per heavy atom. The minimum atomic E-state index is -0.297. The number of carbonyl (C=O) groups is 2. The average molecular weight is 296 g/mol. The number of rotatable bonds is 4. The molecule has 20 heavy (non-hydrogen) atoms. The summed E-state index contributed by atoms with van der Waals surface area (Å²) in [4.78, 5) is 29.5. The molecule has 5 nitrogen and oxygen atoms in total. The maximum Gasteiger partial charge on any atom is 0.254 e. The highest BCUT2D eigenvalue weighted by Gasteiger charge is 2.16. The van der Waals surface area contributed by atoms with E-state index in [0.717, 1.165) is 25.9 Å². The molecule has 2 rings (SSSR count). The number of halogens is 1. The second-order valence-electron chi connectivity index (χ2n) is 4.80. The van der Waals surface area contributed by atoms with Gasteiger partial charge in [0.05, 0.1) is 10.6 Å². The van der Waals surface area contributed by atoms with Crippen LogP contribution in [-0.4, -0.2) is 41.3 Å². The zero-order chi connectivity index (χ0) is 14.4. The third-order valence-corrected chi connectivity index (χ3v) is 3.68. The molecule has 0 saturated carbocycles. The van der Waals surface area contributed by atoms with E-state index in [-0.39, 0.29) is 11.8 Å². The van der Waals surface area contributed by atoms with Crippen LogP contribution in [0.1, 0.15) is 36.0 Å². The van der Waals surface area contributed by atoms with Gasteiger partial charge >= 0.3 is 0 Å². The van der Waals surface area contributed by atoms with E-state index >= 15 is 0 Å². The van der Waals surface area contributed by atoms with Crippen LogP contribution in [0, 0.1) is 0 Å². The molecule has 2 amide bonds. The lowest BCUT2D eigenvalue weighted by atomic mass is 10.1. The topological polar surface area (TPSA) is 62.3 Å². The van der Waals surface area contributed by atoms with Crippen LogP contribution in [0.4, 0.5) is 0 Å². The Bertz CT molecular complexity index is 487. The summed E-state index contributed by atoms with van der Waals surface area (Å²) < 4.78 is 0. The van der Waals surface area contributed by atoms with Crippen molar-refractivity contribution in [3.8, 4) is 0 Å². The SMILES string of the molecule is O=C(NCCC(=O)N1CCCCC1)c1cnccc1Cl. The molecular weight excluding hydrogens is 278 g/mol. The van der Waals surface area contributed by atoms with E-state index in [1.807, 2.05) is 4.90 Å². The third-order valence-electron chi connectivity index (χ3n) is 3.35. The van der Waals surface area contributed by atoms with E-state index in [9.17, 15) is 9.59 Å². The van der Waals surface area contributed by atoms with Gasteiger partial charge in [-0.2, -0.15) is 0 Å². The summed E-state index contributed by atoms with van der Waals surface area (Å²) in [6, 6.07) is 1.56. The quantitative estimate of drug-likeness (QED) is 0.922. The van der Waals surface area contributed by atoms with Gasteiger partial charge in [0.15, 0.2) is 0 Å². The third kappa shape index (κ3) is 3.93. The fourth-order valence-corrected chi connectivity index (χ4v) is 2.42. The highest BCUT2D eigenvalue weighted by Crippen LogP contribution is 2.13. The lowest BCUT2D eigenvalue weighted by Gasteiger charge is -2.26. The first-order valence-corrected chi connectivity index (χ1v) is 7.22. The smallest absolute Gasteiger partial charge is 0.254 e. The van der Waals surface area contributed by atoms with E-state index in [2.05, 4.69) is 10.3 Å². The fraction of sp³-hybridized carbons (Fsp3) is 0.500. The Morgan fingerprint density at radius 2 is 2.05 bits per heavy atom. The number of likely N-dealkylation sites (tertiary alicyclic amines) is 1. The van der Waals surface area contributed by atoms with Gasteiger partial charge in [-0.05, 0) is 25.3 Å².